The zero-order valence-electron chi connectivity index (χ0n) is 18.4. The molecule has 0 bridgehead atoms. The van der Waals surface area contributed by atoms with Gasteiger partial charge in [0.1, 0.15) is 18.4 Å². The van der Waals surface area contributed by atoms with Gasteiger partial charge in [0.15, 0.2) is 5.71 Å². The van der Waals surface area contributed by atoms with Gasteiger partial charge in [-0.25, -0.2) is 4.79 Å². The van der Waals surface area contributed by atoms with Crippen molar-refractivity contribution >= 4 is 29.1 Å². The van der Waals surface area contributed by atoms with Crippen LogP contribution >= 0.6 is 0 Å². The number of nitrogens with zero attached hydrogens (tertiary/aromatic N) is 2. The van der Waals surface area contributed by atoms with Gasteiger partial charge in [0.2, 0.25) is 5.69 Å². The van der Waals surface area contributed by atoms with Gasteiger partial charge in [-0.3, -0.25) is 0 Å². The number of benzene rings is 2. The predicted molar refractivity (Wildman–Crippen MR) is 123 cm³/mol. The number of carboxylic acids is 1. The third-order valence-electron chi connectivity index (χ3n) is 7.17. The Bertz CT molecular complexity index is 1140. The fourth-order valence-corrected chi connectivity index (χ4v) is 5.64. The molecule has 160 valence electrons. The van der Waals surface area contributed by atoms with Crippen LogP contribution in [-0.4, -0.2) is 46.6 Å². The van der Waals surface area contributed by atoms with Crippen LogP contribution in [0.4, 0.5) is 11.4 Å². The first kappa shape index (κ1) is 19.9. The average molecular weight is 418 g/mol. The highest BCUT2D eigenvalue weighted by molar-refractivity contribution is 6.06. The summed E-state index contributed by atoms with van der Waals surface area (Å²) in [6, 6.07) is 7.84. The summed E-state index contributed by atoms with van der Waals surface area (Å²) in [5.74, 6) is -1.31. The van der Waals surface area contributed by atoms with Crippen molar-refractivity contribution in [1.29, 1.82) is 0 Å². The molecule has 31 heavy (non-hydrogen) atoms. The number of allylic oxidation sites excluding steroid dienone is 1. The van der Waals surface area contributed by atoms with Crippen LogP contribution in [0.3, 0.4) is 0 Å². The van der Waals surface area contributed by atoms with Crippen molar-refractivity contribution in [1.82, 2.24) is 0 Å². The lowest BCUT2D eigenvalue weighted by Crippen LogP contribution is -2.34. The van der Waals surface area contributed by atoms with Crippen molar-refractivity contribution in [3.05, 3.63) is 58.2 Å². The number of rotatable bonds is 3. The molecule has 0 radical (unpaired) electrons. The van der Waals surface area contributed by atoms with Crippen LogP contribution in [0.15, 0.2) is 30.3 Å². The maximum atomic E-state index is 11.5. The molecule has 0 fully saturated rings. The van der Waals surface area contributed by atoms with Crippen LogP contribution in [0, 0.1) is 0 Å². The summed E-state index contributed by atoms with van der Waals surface area (Å²) in [6.07, 6.45) is 9.06. The maximum absolute atomic E-state index is 11.5. The molecular formula is C26H29N2O3+. The maximum Gasteiger partial charge on any atom is 0.339 e. The molecule has 5 heteroatoms. The summed E-state index contributed by atoms with van der Waals surface area (Å²) in [7, 11) is 1.97. The smallest absolute Gasteiger partial charge is 0.339 e. The minimum Gasteiger partial charge on any atom is -0.507 e. The number of hydrogen-bond acceptors (Lipinski definition) is 3. The molecule has 5 rings (SSSR count). The molecular weight excluding hydrogens is 388 g/mol. The van der Waals surface area contributed by atoms with Crippen molar-refractivity contribution in [3.8, 4) is 5.75 Å². The topological polar surface area (TPSA) is 63.8 Å². The summed E-state index contributed by atoms with van der Waals surface area (Å²) in [5, 5.41) is 19.6. The van der Waals surface area contributed by atoms with Gasteiger partial charge >= 0.3 is 5.97 Å². The molecule has 0 amide bonds. The fraction of sp³-hybridized carbons (Fsp3) is 0.385. The Morgan fingerprint density at radius 3 is 2.32 bits per heavy atom. The van der Waals surface area contributed by atoms with E-state index in [4.69, 9.17) is 0 Å². The number of carboxylic acid groups (broad SMARTS) is 1. The first-order chi connectivity index (χ1) is 14.8. The minimum atomic E-state index is -1.11. The molecule has 0 saturated heterocycles. The second-order valence-electron chi connectivity index (χ2n) is 9.48. The van der Waals surface area contributed by atoms with E-state index in [0.29, 0.717) is 0 Å². The Balaban J connectivity index is 1.54. The Hall–Kier alpha value is -3.08. The standard InChI is InChI=1S/C26H28N2O3/c1-26(2)20-14-19(25(30)31)22(29)15-21(20)27(3)23(26)9-8-16-12-17-6-4-10-28-11-5-7-18(13-16)24(17)28/h8-9,12-15H,4-7,10-11H2,1-3H3,(H-,29,30,31)/p+1. The van der Waals surface area contributed by atoms with Crippen LogP contribution in [0.5, 0.6) is 5.75 Å². The molecule has 3 heterocycles. The van der Waals surface area contributed by atoms with E-state index < -0.39 is 5.97 Å². The van der Waals surface area contributed by atoms with Gasteiger partial charge in [-0.05, 0) is 80.5 Å². The second kappa shape index (κ2) is 6.98. The van der Waals surface area contributed by atoms with Crippen LogP contribution < -0.4 is 4.90 Å². The lowest BCUT2D eigenvalue weighted by Gasteiger charge is -2.37. The molecule has 3 aliphatic heterocycles. The number of fused-ring (bicyclic) bond motifs is 1. The van der Waals surface area contributed by atoms with Gasteiger partial charge in [-0.2, -0.15) is 4.58 Å². The summed E-state index contributed by atoms with van der Waals surface area (Å²) in [4.78, 5) is 14.1. The van der Waals surface area contributed by atoms with E-state index in [1.807, 2.05) is 7.05 Å². The number of anilines is 1. The zero-order valence-corrected chi connectivity index (χ0v) is 18.4. The third-order valence-corrected chi connectivity index (χ3v) is 7.17. The van der Waals surface area contributed by atoms with Crippen LogP contribution in [0.2, 0.25) is 0 Å². The van der Waals surface area contributed by atoms with E-state index in [1.54, 1.807) is 12.1 Å². The average Bonchev–Trinajstić information content (AvgIpc) is 2.91. The highest BCUT2D eigenvalue weighted by Gasteiger charge is 2.44. The molecule has 0 unspecified atom stereocenters. The van der Waals surface area contributed by atoms with Crippen molar-refractivity contribution in [2.75, 3.05) is 25.0 Å². The largest absolute Gasteiger partial charge is 0.507 e. The highest BCUT2D eigenvalue weighted by Crippen LogP contribution is 2.43. The van der Waals surface area contributed by atoms with Crippen LogP contribution in [0.25, 0.3) is 6.08 Å². The van der Waals surface area contributed by atoms with Crippen molar-refractivity contribution in [2.45, 2.75) is 44.9 Å². The SMILES string of the molecule is C[N+]1=C(/C=C/c2cc3c4c(c2)CCCN4CCC3)C(C)(C)c2cc(C(=O)O)c(O)cc21. The number of hydrogen-bond donors (Lipinski definition) is 2. The number of aromatic carboxylic acids is 1. The molecule has 0 saturated carbocycles. The molecule has 2 aromatic carbocycles. The van der Waals surface area contributed by atoms with Gasteiger partial charge in [-0.1, -0.05) is 0 Å². The number of carbonyl (C=O) groups is 1. The summed E-state index contributed by atoms with van der Waals surface area (Å²) in [6.45, 7) is 6.56. The van der Waals surface area contributed by atoms with Gasteiger partial charge in [0, 0.05) is 30.4 Å². The third kappa shape index (κ3) is 3.06. The van der Waals surface area contributed by atoms with E-state index in [2.05, 4.69) is 47.6 Å². The summed E-state index contributed by atoms with van der Waals surface area (Å²) >= 11 is 0. The number of aromatic hydroxyl groups is 1. The van der Waals surface area contributed by atoms with E-state index >= 15 is 0 Å². The molecule has 0 atom stereocenters. The van der Waals surface area contributed by atoms with Gasteiger partial charge < -0.3 is 15.1 Å². The molecule has 3 aliphatic rings. The minimum absolute atomic E-state index is 0.0520. The highest BCUT2D eigenvalue weighted by atomic mass is 16.4. The van der Waals surface area contributed by atoms with Crippen LogP contribution in [0.1, 0.15) is 59.3 Å². The normalized spacial score (nSPS) is 19.0. The van der Waals surface area contributed by atoms with E-state index in [9.17, 15) is 15.0 Å². The van der Waals surface area contributed by atoms with Gasteiger partial charge in [0.25, 0.3) is 0 Å². The molecule has 5 nitrogen and oxygen atoms in total. The Labute approximate surface area is 183 Å². The Morgan fingerprint density at radius 1 is 1.06 bits per heavy atom. The van der Waals surface area contributed by atoms with E-state index in [-0.39, 0.29) is 16.7 Å². The summed E-state index contributed by atoms with van der Waals surface area (Å²) in [5.41, 5.74) is 8.06. The molecule has 0 aliphatic carbocycles. The van der Waals surface area contributed by atoms with Crippen molar-refractivity contribution in [2.24, 2.45) is 0 Å². The molecule has 0 aromatic heterocycles. The van der Waals surface area contributed by atoms with Crippen LogP contribution in [-0.2, 0) is 18.3 Å². The lowest BCUT2D eigenvalue weighted by molar-refractivity contribution is -0.401. The molecule has 0 spiro atoms. The lowest BCUT2D eigenvalue weighted by atomic mass is 9.80. The van der Waals surface area contributed by atoms with Crippen molar-refractivity contribution < 1.29 is 19.6 Å². The Kier molecular flexibility index (Phi) is 4.47. The number of aryl methyl sites for hydroxylation is 2. The fourth-order valence-electron chi connectivity index (χ4n) is 5.64. The molecule has 2 aromatic rings. The molecule has 2 N–H and O–H groups in total. The van der Waals surface area contributed by atoms with Crippen molar-refractivity contribution in [3.63, 3.8) is 0 Å². The first-order valence-electron chi connectivity index (χ1n) is 11.1. The second-order valence-corrected chi connectivity index (χ2v) is 9.48. The van der Waals surface area contributed by atoms with E-state index in [1.165, 1.54) is 48.3 Å². The predicted octanol–water partition coefficient (Wildman–Crippen LogP) is 4.51. The summed E-state index contributed by atoms with van der Waals surface area (Å²) < 4.78 is 2.06. The number of phenols is 1. The Morgan fingerprint density at radius 2 is 1.71 bits per heavy atom. The zero-order chi connectivity index (χ0) is 21.9. The van der Waals surface area contributed by atoms with Gasteiger partial charge in [-0.15, -0.1) is 0 Å². The first-order valence-corrected chi connectivity index (χ1v) is 11.1. The quantitative estimate of drug-likeness (QED) is 0.722. The van der Waals surface area contributed by atoms with E-state index in [0.717, 1.165) is 29.8 Å². The monoisotopic (exact) mass is 417 g/mol. The van der Waals surface area contributed by atoms with Gasteiger partial charge in [0.05, 0.1) is 11.5 Å².